The normalized spacial score (nSPS) is 46.7. The highest BCUT2D eigenvalue weighted by atomic mass is 16.5. The molecular formula is C20H28O3. The van der Waals surface area contributed by atoms with Crippen molar-refractivity contribution in [2.45, 2.75) is 65.4 Å². The summed E-state index contributed by atoms with van der Waals surface area (Å²) >= 11 is 0. The van der Waals surface area contributed by atoms with Gasteiger partial charge in [-0.1, -0.05) is 33.6 Å². The molecule has 6 atom stereocenters. The molecule has 2 aliphatic carbocycles. The first-order chi connectivity index (χ1) is 10.9. The predicted molar refractivity (Wildman–Crippen MR) is 87.6 cm³/mol. The van der Waals surface area contributed by atoms with E-state index < -0.39 is 0 Å². The van der Waals surface area contributed by atoms with Crippen LogP contribution in [0.2, 0.25) is 0 Å². The Bertz CT molecular complexity index is 592. The van der Waals surface area contributed by atoms with E-state index in [1.165, 1.54) is 25.7 Å². The van der Waals surface area contributed by atoms with Crippen LogP contribution in [-0.2, 0) is 9.53 Å². The van der Waals surface area contributed by atoms with Gasteiger partial charge in [-0.2, -0.15) is 0 Å². The number of ether oxygens (including phenoxy) is 1. The monoisotopic (exact) mass is 316 g/mol. The fraction of sp³-hybridized carbons (Fsp3) is 0.750. The zero-order chi connectivity index (χ0) is 16.2. The second kappa shape index (κ2) is 5.12. The lowest BCUT2D eigenvalue weighted by Crippen LogP contribution is -2.57. The summed E-state index contributed by atoms with van der Waals surface area (Å²) in [6, 6.07) is 1.94. The highest BCUT2D eigenvalue weighted by Crippen LogP contribution is 2.65. The van der Waals surface area contributed by atoms with E-state index in [2.05, 4.69) is 20.8 Å². The number of hydrogen-bond donors (Lipinski definition) is 0. The van der Waals surface area contributed by atoms with Gasteiger partial charge >= 0.3 is 5.97 Å². The predicted octanol–water partition coefficient (Wildman–Crippen LogP) is 5.13. The van der Waals surface area contributed by atoms with Gasteiger partial charge in [0, 0.05) is 5.56 Å². The summed E-state index contributed by atoms with van der Waals surface area (Å²) in [6.45, 7) is 7.27. The highest BCUT2D eigenvalue weighted by molar-refractivity contribution is 5.75. The summed E-state index contributed by atoms with van der Waals surface area (Å²) in [5, 5.41) is 0. The summed E-state index contributed by atoms with van der Waals surface area (Å²) in [4.78, 5) is 12.7. The first-order valence-corrected chi connectivity index (χ1v) is 9.18. The molecule has 0 amide bonds. The number of fused-ring (bicyclic) bond motifs is 3. The quantitative estimate of drug-likeness (QED) is 0.675. The van der Waals surface area contributed by atoms with Crippen molar-refractivity contribution >= 4 is 5.97 Å². The first-order valence-electron chi connectivity index (χ1n) is 9.18. The molecule has 0 aromatic carbocycles. The van der Waals surface area contributed by atoms with Crippen LogP contribution in [0.25, 0.3) is 0 Å². The van der Waals surface area contributed by atoms with Crippen molar-refractivity contribution in [2.75, 3.05) is 0 Å². The molecule has 1 saturated heterocycles. The third kappa shape index (κ3) is 2.11. The average Bonchev–Trinajstić information content (AvgIpc) is 3.03. The molecule has 2 saturated carbocycles. The lowest BCUT2D eigenvalue weighted by Gasteiger charge is -2.61. The minimum Gasteiger partial charge on any atom is -0.472 e. The van der Waals surface area contributed by atoms with E-state index in [0.717, 1.165) is 24.3 Å². The summed E-state index contributed by atoms with van der Waals surface area (Å²) in [5.74, 6) is 1.48. The van der Waals surface area contributed by atoms with Crippen LogP contribution >= 0.6 is 0 Å². The van der Waals surface area contributed by atoms with E-state index in [4.69, 9.17) is 9.15 Å². The van der Waals surface area contributed by atoms with Crippen molar-refractivity contribution in [3.8, 4) is 0 Å². The summed E-state index contributed by atoms with van der Waals surface area (Å²) in [6.07, 6.45) is 10.3. The maximum atomic E-state index is 12.7. The average molecular weight is 316 g/mol. The molecule has 1 unspecified atom stereocenters. The van der Waals surface area contributed by atoms with Crippen LogP contribution in [0.1, 0.15) is 71.0 Å². The van der Waals surface area contributed by atoms with Gasteiger partial charge in [0.05, 0.1) is 18.4 Å². The lowest BCUT2D eigenvalue weighted by molar-refractivity contribution is -0.200. The zero-order valence-corrected chi connectivity index (χ0v) is 14.5. The molecule has 23 heavy (non-hydrogen) atoms. The number of hydrogen-bond acceptors (Lipinski definition) is 3. The molecule has 3 nitrogen and oxygen atoms in total. The molecule has 1 aliphatic heterocycles. The third-order valence-corrected chi connectivity index (χ3v) is 7.70. The van der Waals surface area contributed by atoms with Gasteiger partial charge in [-0.3, -0.25) is 4.79 Å². The van der Waals surface area contributed by atoms with Crippen molar-refractivity contribution in [3.05, 3.63) is 24.2 Å². The van der Waals surface area contributed by atoms with E-state index in [1.807, 2.05) is 6.07 Å². The minimum atomic E-state index is -0.137. The zero-order valence-electron chi connectivity index (χ0n) is 14.5. The first kappa shape index (κ1) is 15.3. The molecule has 3 fully saturated rings. The van der Waals surface area contributed by atoms with E-state index in [0.29, 0.717) is 11.3 Å². The molecule has 126 valence electrons. The van der Waals surface area contributed by atoms with Crippen molar-refractivity contribution in [2.24, 2.45) is 28.6 Å². The van der Waals surface area contributed by atoms with E-state index in [9.17, 15) is 4.79 Å². The minimum absolute atomic E-state index is 0.0187. The number of rotatable bonds is 1. The molecule has 1 aromatic rings. The molecule has 0 radical (unpaired) electrons. The Labute approximate surface area is 138 Å². The number of cyclic esters (lactones) is 1. The van der Waals surface area contributed by atoms with Crippen molar-refractivity contribution < 1.29 is 13.9 Å². The fourth-order valence-electron chi connectivity index (χ4n) is 6.14. The lowest BCUT2D eigenvalue weighted by atomic mass is 9.44. The number of carbonyl (C=O) groups is 1. The van der Waals surface area contributed by atoms with Crippen molar-refractivity contribution in [1.82, 2.24) is 0 Å². The molecule has 3 heteroatoms. The Balaban J connectivity index is 1.71. The van der Waals surface area contributed by atoms with Gasteiger partial charge < -0.3 is 9.15 Å². The van der Waals surface area contributed by atoms with Crippen LogP contribution in [0.15, 0.2) is 23.0 Å². The van der Waals surface area contributed by atoms with Crippen LogP contribution < -0.4 is 0 Å². The molecule has 0 N–H and O–H groups in total. The summed E-state index contributed by atoms with van der Waals surface area (Å²) in [5.41, 5.74) is 1.44. The Morgan fingerprint density at radius 2 is 2.00 bits per heavy atom. The second-order valence-electron chi connectivity index (χ2n) is 8.67. The molecular weight excluding hydrogens is 288 g/mol. The van der Waals surface area contributed by atoms with Gasteiger partial charge in [-0.05, 0) is 54.4 Å². The Hall–Kier alpha value is -1.25. The molecule has 0 bridgehead atoms. The highest BCUT2D eigenvalue weighted by Gasteiger charge is 2.60. The Kier molecular flexibility index (Phi) is 3.40. The maximum absolute atomic E-state index is 12.7. The molecule has 3 aliphatic rings. The standard InChI is InChI=1S/C20H28O3/c1-13-5-4-6-17-19(13,2)9-7-15-18(21)23-16(11-20(15,17)3)14-8-10-22-12-14/h8,10,12-13,15-17H,4-7,9,11H2,1-3H3/t13-,15+,16?,17+,19+,20+/m0/s1. The van der Waals surface area contributed by atoms with Gasteiger partial charge in [0.15, 0.2) is 0 Å². The molecule has 1 aromatic heterocycles. The fourth-order valence-corrected chi connectivity index (χ4v) is 6.14. The van der Waals surface area contributed by atoms with Crippen LogP contribution in [0.3, 0.4) is 0 Å². The van der Waals surface area contributed by atoms with E-state index in [1.54, 1.807) is 12.5 Å². The largest absolute Gasteiger partial charge is 0.472 e. The Morgan fingerprint density at radius 3 is 2.74 bits per heavy atom. The molecule has 2 heterocycles. The number of esters is 1. The maximum Gasteiger partial charge on any atom is 0.310 e. The molecule has 4 rings (SSSR count). The van der Waals surface area contributed by atoms with Gasteiger partial charge in [0.1, 0.15) is 6.10 Å². The topological polar surface area (TPSA) is 39.4 Å². The van der Waals surface area contributed by atoms with Crippen LogP contribution in [-0.4, -0.2) is 5.97 Å². The van der Waals surface area contributed by atoms with Crippen molar-refractivity contribution in [3.63, 3.8) is 0 Å². The van der Waals surface area contributed by atoms with E-state index >= 15 is 0 Å². The number of carbonyl (C=O) groups excluding carboxylic acids is 1. The second-order valence-corrected chi connectivity index (χ2v) is 8.67. The van der Waals surface area contributed by atoms with Gasteiger partial charge in [-0.15, -0.1) is 0 Å². The van der Waals surface area contributed by atoms with Crippen LogP contribution in [0, 0.1) is 28.6 Å². The van der Waals surface area contributed by atoms with Crippen molar-refractivity contribution in [1.29, 1.82) is 0 Å². The van der Waals surface area contributed by atoms with Gasteiger partial charge in [0.2, 0.25) is 0 Å². The number of furan rings is 1. The summed E-state index contributed by atoms with van der Waals surface area (Å²) < 4.78 is 11.0. The smallest absolute Gasteiger partial charge is 0.310 e. The van der Waals surface area contributed by atoms with Crippen LogP contribution in [0.5, 0.6) is 0 Å². The SMILES string of the molecule is C[C@H]1CCC[C@H]2[C@]3(C)CC(c4ccoc4)OC(=O)[C@H]3CC[C@@]21C. The van der Waals surface area contributed by atoms with E-state index in [-0.39, 0.29) is 23.4 Å². The van der Waals surface area contributed by atoms with Gasteiger partial charge in [0.25, 0.3) is 0 Å². The van der Waals surface area contributed by atoms with Crippen LogP contribution in [0.4, 0.5) is 0 Å². The third-order valence-electron chi connectivity index (χ3n) is 7.70. The Morgan fingerprint density at radius 1 is 1.17 bits per heavy atom. The molecule has 0 spiro atoms. The summed E-state index contributed by atoms with van der Waals surface area (Å²) in [7, 11) is 0. The van der Waals surface area contributed by atoms with Gasteiger partial charge in [-0.25, -0.2) is 0 Å².